The summed E-state index contributed by atoms with van der Waals surface area (Å²) in [6.07, 6.45) is 2.75. The van der Waals surface area contributed by atoms with Crippen LogP contribution in [-0.4, -0.2) is 20.6 Å². The molecule has 2 aromatic heterocycles. The van der Waals surface area contributed by atoms with E-state index in [1.165, 1.54) is 29.1 Å². The zero-order chi connectivity index (χ0) is 13.8. The molecule has 6 heteroatoms. The van der Waals surface area contributed by atoms with Crippen LogP contribution in [0.2, 0.25) is 0 Å². The van der Waals surface area contributed by atoms with Crippen molar-refractivity contribution in [1.82, 2.24) is 9.55 Å². The highest BCUT2D eigenvalue weighted by Crippen LogP contribution is 2.04. The molecule has 0 aliphatic carbocycles. The maximum Gasteiger partial charge on any atom is 0.337 e. The molecule has 1 N–H and O–H groups in total. The number of aromatic nitrogens is 2. The molecule has 0 aliphatic heterocycles. The normalized spacial score (nSPS) is 9.84. The number of hydrogen-bond donors (Lipinski definition) is 1. The van der Waals surface area contributed by atoms with Gasteiger partial charge in [-0.3, -0.25) is 4.79 Å². The van der Waals surface area contributed by atoms with E-state index in [-0.39, 0.29) is 23.4 Å². The van der Waals surface area contributed by atoms with Crippen molar-refractivity contribution < 1.29 is 9.90 Å². The smallest absolute Gasteiger partial charge is 0.337 e. The van der Waals surface area contributed by atoms with Crippen LogP contribution in [0, 0.1) is 11.3 Å². The van der Waals surface area contributed by atoms with E-state index in [1.54, 1.807) is 12.1 Å². The Labute approximate surface area is 108 Å². The van der Waals surface area contributed by atoms with Crippen molar-refractivity contribution in [1.29, 1.82) is 5.26 Å². The van der Waals surface area contributed by atoms with Gasteiger partial charge in [0, 0.05) is 18.5 Å². The van der Waals surface area contributed by atoms with Crippen molar-refractivity contribution in [2.24, 2.45) is 0 Å². The highest BCUT2D eigenvalue weighted by molar-refractivity contribution is 5.87. The van der Waals surface area contributed by atoms with Crippen molar-refractivity contribution in [2.75, 3.05) is 0 Å². The van der Waals surface area contributed by atoms with Crippen LogP contribution in [0.25, 0.3) is 0 Å². The third-order valence-electron chi connectivity index (χ3n) is 2.52. The molecule has 2 aromatic rings. The van der Waals surface area contributed by atoms with Gasteiger partial charge in [0.15, 0.2) is 0 Å². The number of aromatic carboxylic acids is 1. The van der Waals surface area contributed by atoms with Gasteiger partial charge in [0.1, 0.15) is 11.8 Å². The van der Waals surface area contributed by atoms with Crippen molar-refractivity contribution in [3.05, 3.63) is 63.8 Å². The maximum atomic E-state index is 11.6. The Bertz CT molecular complexity index is 728. The van der Waals surface area contributed by atoms with Gasteiger partial charge in [-0.2, -0.15) is 5.26 Å². The highest BCUT2D eigenvalue weighted by Gasteiger charge is 2.06. The van der Waals surface area contributed by atoms with Crippen molar-refractivity contribution in [3.63, 3.8) is 0 Å². The summed E-state index contributed by atoms with van der Waals surface area (Å²) in [6.45, 7) is 0.192. The molecule has 6 nitrogen and oxygen atoms in total. The van der Waals surface area contributed by atoms with E-state index in [1.807, 2.05) is 6.07 Å². The lowest BCUT2D eigenvalue weighted by atomic mass is 10.2. The number of nitriles is 1. The molecule has 0 bridgehead atoms. The Hall–Kier alpha value is -2.94. The van der Waals surface area contributed by atoms with Crippen LogP contribution in [0.4, 0.5) is 0 Å². The quantitative estimate of drug-likeness (QED) is 0.877. The first kappa shape index (κ1) is 12.5. The summed E-state index contributed by atoms with van der Waals surface area (Å²) in [5.41, 5.74) is 0.686. The first-order valence-electron chi connectivity index (χ1n) is 5.39. The lowest BCUT2D eigenvalue weighted by Crippen LogP contribution is -2.20. The molecule has 2 rings (SSSR count). The second kappa shape index (κ2) is 5.14. The molecule has 0 unspecified atom stereocenters. The van der Waals surface area contributed by atoms with Gasteiger partial charge in [-0.25, -0.2) is 9.78 Å². The number of carboxylic acid groups (broad SMARTS) is 1. The lowest BCUT2D eigenvalue weighted by molar-refractivity contribution is 0.0696. The molecular formula is C13H9N3O3. The number of carboxylic acids is 1. The number of nitrogens with zero attached hydrogens (tertiary/aromatic N) is 3. The van der Waals surface area contributed by atoms with E-state index in [9.17, 15) is 9.59 Å². The minimum atomic E-state index is -1.10. The van der Waals surface area contributed by atoms with E-state index in [0.717, 1.165) is 0 Å². The van der Waals surface area contributed by atoms with E-state index in [4.69, 9.17) is 10.4 Å². The van der Waals surface area contributed by atoms with E-state index in [0.29, 0.717) is 5.56 Å². The fourth-order valence-corrected chi connectivity index (χ4v) is 1.61. The van der Waals surface area contributed by atoms with Crippen LogP contribution in [0.3, 0.4) is 0 Å². The molecule has 0 fully saturated rings. The SMILES string of the molecule is N#Cc1cc(Cn2cc(C(=O)O)ccc2=O)ccn1. The number of pyridine rings is 2. The van der Waals surface area contributed by atoms with Gasteiger partial charge in [-0.1, -0.05) is 0 Å². The number of carbonyl (C=O) groups is 1. The van der Waals surface area contributed by atoms with Crippen molar-refractivity contribution in [2.45, 2.75) is 6.54 Å². The molecule has 0 atom stereocenters. The van der Waals surface area contributed by atoms with E-state index < -0.39 is 5.97 Å². The third-order valence-corrected chi connectivity index (χ3v) is 2.52. The fourth-order valence-electron chi connectivity index (χ4n) is 1.61. The summed E-state index contributed by atoms with van der Waals surface area (Å²) in [5.74, 6) is -1.10. The fraction of sp³-hybridized carbons (Fsp3) is 0.0769. The Morgan fingerprint density at radius 1 is 1.42 bits per heavy atom. The van der Waals surface area contributed by atoms with Crippen LogP contribution in [0.5, 0.6) is 0 Å². The van der Waals surface area contributed by atoms with Crippen LogP contribution in [-0.2, 0) is 6.54 Å². The van der Waals surface area contributed by atoms with Crippen LogP contribution in [0.1, 0.15) is 21.6 Å². The van der Waals surface area contributed by atoms with Gasteiger partial charge in [-0.05, 0) is 23.8 Å². The third kappa shape index (κ3) is 2.84. The molecule has 0 radical (unpaired) electrons. The predicted molar refractivity (Wildman–Crippen MR) is 65.7 cm³/mol. The standard InChI is InChI=1S/C13H9N3O3/c14-6-11-5-9(3-4-15-11)7-16-8-10(13(18)19)1-2-12(16)17/h1-5,8H,7H2,(H,18,19). The average Bonchev–Trinajstić information content (AvgIpc) is 2.41. The Kier molecular flexibility index (Phi) is 3.39. The summed E-state index contributed by atoms with van der Waals surface area (Å²) in [6, 6.07) is 7.59. The molecule has 94 valence electrons. The zero-order valence-electron chi connectivity index (χ0n) is 9.78. The molecular weight excluding hydrogens is 246 g/mol. The van der Waals surface area contributed by atoms with E-state index >= 15 is 0 Å². The molecule has 0 spiro atoms. The zero-order valence-corrected chi connectivity index (χ0v) is 9.78. The minimum absolute atomic E-state index is 0.0363. The number of rotatable bonds is 3. The Morgan fingerprint density at radius 3 is 2.89 bits per heavy atom. The lowest BCUT2D eigenvalue weighted by Gasteiger charge is -2.06. The Balaban J connectivity index is 2.37. The van der Waals surface area contributed by atoms with Gasteiger partial charge < -0.3 is 9.67 Å². The summed E-state index contributed by atoms with van der Waals surface area (Å²) >= 11 is 0. The van der Waals surface area contributed by atoms with Gasteiger partial charge in [0.05, 0.1) is 12.1 Å². The van der Waals surface area contributed by atoms with Gasteiger partial charge in [-0.15, -0.1) is 0 Å². The molecule has 0 saturated heterocycles. The molecule has 0 aliphatic rings. The summed E-state index contributed by atoms with van der Waals surface area (Å²) in [7, 11) is 0. The molecule has 19 heavy (non-hydrogen) atoms. The predicted octanol–water partition coefficient (Wildman–Crippen LogP) is 0.861. The maximum absolute atomic E-state index is 11.6. The average molecular weight is 255 g/mol. The number of hydrogen-bond acceptors (Lipinski definition) is 4. The molecule has 0 amide bonds. The Morgan fingerprint density at radius 2 is 2.21 bits per heavy atom. The largest absolute Gasteiger partial charge is 0.478 e. The minimum Gasteiger partial charge on any atom is -0.478 e. The summed E-state index contributed by atoms with van der Waals surface area (Å²) in [5, 5.41) is 17.6. The first-order valence-corrected chi connectivity index (χ1v) is 5.39. The van der Waals surface area contributed by atoms with Crippen LogP contribution < -0.4 is 5.56 Å². The summed E-state index contributed by atoms with van der Waals surface area (Å²) < 4.78 is 1.28. The topological polar surface area (TPSA) is 96.0 Å². The van der Waals surface area contributed by atoms with Gasteiger partial charge in [0.25, 0.3) is 5.56 Å². The molecule has 0 aromatic carbocycles. The van der Waals surface area contributed by atoms with Crippen LogP contribution in [0.15, 0.2) is 41.5 Å². The molecule has 2 heterocycles. The van der Waals surface area contributed by atoms with Gasteiger partial charge >= 0.3 is 5.97 Å². The second-order valence-electron chi connectivity index (χ2n) is 3.85. The monoisotopic (exact) mass is 255 g/mol. The van der Waals surface area contributed by atoms with Crippen molar-refractivity contribution in [3.8, 4) is 6.07 Å². The second-order valence-corrected chi connectivity index (χ2v) is 3.85. The summed E-state index contributed by atoms with van der Waals surface area (Å²) in [4.78, 5) is 26.3. The van der Waals surface area contributed by atoms with Crippen LogP contribution >= 0.6 is 0 Å². The highest BCUT2D eigenvalue weighted by atomic mass is 16.4. The molecule has 0 saturated carbocycles. The van der Waals surface area contributed by atoms with Crippen molar-refractivity contribution >= 4 is 5.97 Å². The first-order chi connectivity index (χ1) is 9.10. The van der Waals surface area contributed by atoms with E-state index in [2.05, 4.69) is 4.98 Å². The van der Waals surface area contributed by atoms with Gasteiger partial charge in [0.2, 0.25) is 0 Å².